The Balaban J connectivity index is 4.51. The summed E-state index contributed by atoms with van der Waals surface area (Å²) in [5.41, 5.74) is 5.25. The number of rotatable bonds is 9. The molecule has 3 atom stereocenters. The fourth-order valence-corrected chi connectivity index (χ4v) is 3.58. The zero-order valence-corrected chi connectivity index (χ0v) is 12.0. The SMILES string of the molecule is CC(C)C[C@H](CP(=O)(O)CC[C@@H](N)C(=O)O)C(=O)O. The minimum atomic E-state index is -3.68. The van der Waals surface area contributed by atoms with Crippen LogP contribution in [0.3, 0.4) is 0 Å². The molecule has 1 unspecified atom stereocenters. The average molecular weight is 295 g/mol. The van der Waals surface area contributed by atoms with Crippen LogP contribution in [0.5, 0.6) is 0 Å². The summed E-state index contributed by atoms with van der Waals surface area (Å²) in [5.74, 6) is -3.14. The minimum Gasteiger partial charge on any atom is -0.481 e. The standard InChI is InChI=1S/C11H22NO6P/c1-7(2)5-8(10(13)14)6-19(17,18)4-3-9(12)11(15)16/h7-9H,3-6,12H2,1-2H3,(H,13,14)(H,15,16)(H,17,18)/t8-,9-/m1/s1. The van der Waals surface area contributed by atoms with Crippen LogP contribution < -0.4 is 5.73 Å². The normalized spacial score (nSPS) is 17.7. The van der Waals surface area contributed by atoms with Gasteiger partial charge in [-0.1, -0.05) is 13.8 Å². The molecule has 5 N–H and O–H groups in total. The van der Waals surface area contributed by atoms with Crippen LogP contribution in [0.4, 0.5) is 0 Å². The molecular weight excluding hydrogens is 273 g/mol. The van der Waals surface area contributed by atoms with Gasteiger partial charge >= 0.3 is 11.9 Å². The maximum Gasteiger partial charge on any atom is 0.320 e. The molecule has 7 nitrogen and oxygen atoms in total. The zero-order chi connectivity index (χ0) is 15.2. The first-order chi connectivity index (χ1) is 8.55. The van der Waals surface area contributed by atoms with Crippen LogP contribution in [-0.4, -0.2) is 45.4 Å². The number of carbonyl (C=O) groups is 2. The van der Waals surface area contributed by atoms with Crippen LogP contribution in [0.2, 0.25) is 0 Å². The maximum atomic E-state index is 11.9. The third kappa shape index (κ3) is 7.97. The predicted molar refractivity (Wildman–Crippen MR) is 70.4 cm³/mol. The second kappa shape index (κ2) is 7.62. The van der Waals surface area contributed by atoms with E-state index in [1.54, 1.807) is 0 Å². The quantitative estimate of drug-likeness (QED) is 0.461. The molecule has 19 heavy (non-hydrogen) atoms. The fraction of sp³-hybridized carbons (Fsp3) is 0.818. The summed E-state index contributed by atoms with van der Waals surface area (Å²) < 4.78 is 11.9. The number of carboxylic acids is 2. The largest absolute Gasteiger partial charge is 0.481 e. The third-order valence-electron chi connectivity index (χ3n) is 2.72. The van der Waals surface area contributed by atoms with Crippen molar-refractivity contribution in [1.29, 1.82) is 0 Å². The van der Waals surface area contributed by atoms with Crippen molar-refractivity contribution >= 4 is 19.3 Å². The van der Waals surface area contributed by atoms with Gasteiger partial charge in [0, 0.05) is 12.3 Å². The predicted octanol–water partition coefficient (Wildman–Crippen LogP) is 0.806. The van der Waals surface area contributed by atoms with E-state index < -0.39 is 31.3 Å². The van der Waals surface area contributed by atoms with Gasteiger partial charge in [-0.15, -0.1) is 0 Å². The molecule has 0 amide bonds. The van der Waals surface area contributed by atoms with Gasteiger partial charge in [0.15, 0.2) is 0 Å². The van der Waals surface area contributed by atoms with Crippen molar-refractivity contribution in [2.45, 2.75) is 32.7 Å². The van der Waals surface area contributed by atoms with Crippen LogP contribution in [0.15, 0.2) is 0 Å². The summed E-state index contributed by atoms with van der Waals surface area (Å²) in [6, 6.07) is -1.20. The van der Waals surface area contributed by atoms with Crippen LogP contribution in [0.1, 0.15) is 26.7 Å². The Labute approximate surface area is 112 Å². The van der Waals surface area contributed by atoms with E-state index >= 15 is 0 Å². The Bertz CT molecular complexity index is 370. The van der Waals surface area contributed by atoms with Gasteiger partial charge in [0.1, 0.15) is 6.04 Å². The van der Waals surface area contributed by atoms with E-state index in [2.05, 4.69) is 0 Å². The van der Waals surface area contributed by atoms with Gasteiger partial charge in [0.2, 0.25) is 7.37 Å². The number of hydrogen-bond donors (Lipinski definition) is 4. The fourth-order valence-electron chi connectivity index (χ4n) is 1.72. The molecule has 0 aromatic rings. The monoisotopic (exact) mass is 295 g/mol. The summed E-state index contributed by atoms with van der Waals surface area (Å²) in [6.07, 6.45) is -0.447. The summed E-state index contributed by atoms with van der Waals surface area (Å²) in [7, 11) is -3.68. The first-order valence-corrected chi connectivity index (χ1v) is 8.10. The molecule has 0 aliphatic rings. The molecule has 0 rings (SSSR count). The number of carboxylic acid groups (broad SMARTS) is 2. The molecule has 0 aromatic heterocycles. The molecular formula is C11H22NO6P. The molecule has 0 saturated carbocycles. The smallest absolute Gasteiger partial charge is 0.320 e. The molecule has 8 heteroatoms. The van der Waals surface area contributed by atoms with E-state index in [-0.39, 0.29) is 24.7 Å². The first-order valence-electron chi connectivity index (χ1n) is 6.07. The molecule has 0 aliphatic carbocycles. The van der Waals surface area contributed by atoms with Crippen LogP contribution in [-0.2, 0) is 14.2 Å². The van der Waals surface area contributed by atoms with E-state index in [0.717, 1.165) is 0 Å². The molecule has 0 heterocycles. The van der Waals surface area contributed by atoms with Gasteiger partial charge in [0.25, 0.3) is 0 Å². The summed E-state index contributed by atoms with van der Waals surface area (Å²) in [5, 5.41) is 17.6. The minimum absolute atomic E-state index is 0.0994. The van der Waals surface area contributed by atoms with E-state index in [1.807, 2.05) is 13.8 Å². The van der Waals surface area contributed by atoms with Crippen LogP contribution in [0, 0.1) is 11.8 Å². The van der Waals surface area contributed by atoms with Crippen LogP contribution >= 0.6 is 7.37 Å². The van der Waals surface area contributed by atoms with Crippen molar-refractivity contribution in [3.05, 3.63) is 0 Å². The highest BCUT2D eigenvalue weighted by Crippen LogP contribution is 2.44. The molecule has 0 aromatic carbocycles. The summed E-state index contributed by atoms with van der Waals surface area (Å²) >= 11 is 0. The Kier molecular flexibility index (Phi) is 7.26. The highest BCUT2D eigenvalue weighted by atomic mass is 31.2. The van der Waals surface area contributed by atoms with Gasteiger partial charge in [-0.2, -0.15) is 0 Å². The Hall–Kier alpha value is -0.910. The topological polar surface area (TPSA) is 138 Å². The van der Waals surface area contributed by atoms with Crippen molar-refractivity contribution in [3.63, 3.8) is 0 Å². The van der Waals surface area contributed by atoms with Gasteiger partial charge in [-0.25, -0.2) is 0 Å². The molecule has 0 saturated heterocycles. The maximum absolute atomic E-state index is 11.9. The molecule has 0 radical (unpaired) electrons. The lowest BCUT2D eigenvalue weighted by Gasteiger charge is -2.19. The van der Waals surface area contributed by atoms with E-state index in [9.17, 15) is 19.0 Å². The highest BCUT2D eigenvalue weighted by Gasteiger charge is 2.30. The van der Waals surface area contributed by atoms with Crippen molar-refractivity contribution in [3.8, 4) is 0 Å². The number of aliphatic carboxylic acids is 2. The third-order valence-corrected chi connectivity index (χ3v) is 4.69. The molecule has 0 spiro atoms. The molecule has 0 fully saturated rings. The van der Waals surface area contributed by atoms with Gasteiger partial charge in [-0.3, -0.25) is 14.2 Å². The Morgan fingerprint density at radius 3 is 2.11 bits per heavy atom. The molecule has 0 bridgehead atoms. The van der Waals surface area contributed by atoms with Crippen molar-refractivity contribution in [2.75, 3.05) is 12.3 Å². The lowest BCUT2D eigenvalue weighted by Crippen LogP contribution is -2.31. The average Bonchev–Trinajstić information content (AvgIpc) is 2.23. The second-order valence-corrected chi connectivity index (χ2v) is 7.66. The van der Waals surface area contributed by atoms with Crippen molar-refractivity contribution < 1.29 is 29.3 Å². The van der Waals surface area contributed by atoms with Gasteiger partial charge in [0.05, 0.1) is 5.92 Å². The Morgan fingerprint density at radius 2 is 1.74 bits per heavy atom. The first kappa shape index (κ1) is 18.1. The zero-order valence-electron chi connectivity index (χ0n) is 11.2. The molecule has 0 aliphatic heterocycles. The lowest BCUT2D eigenvalue weighted by molar-refractivity contribution is -0.141. The van der Waals surface area contributed by atoms with Crippen molar-refractivity contribution in [1.82, 2.24) is 0 Å². The number of hydrogen-bond acceptors (Lipinski definition) is 4. The Morgan fingerprint density at radius 1 is 1.21 bits per heavy atom. The van der Waals surface area contributed by atoms with E-state index in [4.69, 9.17) is 15.9 Å². The van der Waals surface area contributed by atoms with Gasteiger partial charge < -0.3 is 20.8 Å². The van der Waals surface area contributed by atoms with E-state index in [0.29, 0.717) is 6.42 Å². The summed E-state index contributed by atoms with van der Waals surface area (Å²) in [6.45, 7) is 3.66. The van der Waals surface area contributed by atoms with Gasteiger partial charge in [-0.05, 0) is 18.8 Å². The number of nitrogens with two attached hydrogens (primary N) is 1. The second-order valence-electron chi connectivity index (χ2n) is 5.15. The van der Waals surface area contributed by atoms with Crippen molar-refractivity contribution in [2.24, 2.45) is 17.6 Å². The highest BCUT2D eigenvalue weighted by molar-refractivity contribution is 7.58. The van der Waals surface area contributed by atoms with E-state index in [1.165, 1.54) is 0 Å². The van der Waals surface area contributed by atoms with Crippen LogP contribution in [0.25, 0.3) is 0 Å². The molecule has 112 valence electrons. The summed E-state index contributed by atoms with van der Waals surface area (Å²) in [4.78, 5) is 31.2. The lowest BCUT2D eigenvalue weighted by atomic mass is 9.99.